The fourth-order valence-corrected chi connectivity index (χ4v) is 2.48. The molecule has 0 bridgehead atoms. The highest BCUT2D eigenvalue weighted by Crippen LogP contribution is 2.24. The zero-order valence-corrected chi connectivity index (χ0v) is 16.9. The van der Waals surface area contributed by atoms with Gasteiger partial charge in [-0.15, -0.1) is 0 Å². The molecule has 0 fully saturated rings. The lowest BCUT2D eigenvalue weighted by Gasteiger charge is -2.19. The molecule has 2 aromatic carbocycles. The van der Waals surface area contributed by atoms with Gasteiger partial charge in [0.05, 0.1) is 5.56 Å². The predicted octanol–water partition coefficient (Wildman–Crippen LogP) is 3.89. The number of esters is 1. The summed E-state index contributed by atoms with van der Waals surface area (Å²) in [7, 11) is 0. The topological polar surface area (TPSA) is 81.7 Å². The Bertz CT molecular complexity index is 900. The van der Waals surface area contributed by atoms with Crippen molar-refractivity contribution in [2.75, 3.05) is 18.5 Å². The smallest absolute Gasteiger partial charge is 0.344 e. The summed E-state index contributed by atoms with van der Waals surface area (Å²) in [6.07, 6.45) is 0. The number of amides is 1. The Kier molecular flexibility index (Phi) is 7.09. The number of halogens is 1. The van der Waals surface area contributed by atoms with Crippen molar-refractivity contribution < 1.29 is 28.2 Å². The van der Waals surface area contributed by atoms with Crippen LogP contribution >= 0.6 is 0 Å². The van der Waals surface area contributed by atoms with Gasteiger partial charge in [0.2, 0.25) is 11.7 Å². The fourth-order valence-electron chi connectivity index (χ4n) is 2.48. The first-order valence-corrected chi connectivity index (χ1v) is 9.05. The van der Waals surface area contributed by atoms with Gasteiger partial charge in [-0.1, -0.05) is 32.9 Å². The first-order chi connectivity index (χ1) is 13.6. The van der Waals surface area contributed by atoms with Crippen LogP contribution in [-0.2, 0) is 19.7 Å². The summed E-state index contributed by atoms with van der Waals surface area (Å²) in [6, 6.07) is 11.0. The van der Waals surface area contributed by atoms with Crippen LogP contribution in [0.4, 0.5) is 10.1 Å². The van der Waals surface area contributed by atoms with Gasteiger partial charge < -0.3 is 14.8 Å². The van der Waals surface area contributed by atoms with Gasteiger partial charge in [0, 0.05) is 12.6 Å². The molecule has 0 aromatic heterocycles. The molecule has 29 heavy (non-hydrogen) atoms. The van der Waals surface area contributed by atoms with Crippen LogP contribution in [0.3, 0.4) is 0 Å². The minimum atomic E-state index is -0.813. The molecule has 1 N–H and O–H groups in total. The molecule has 0 saturated carbocycles. The van der Waals surface area contributed by atoms with Crippen LogP contribution in [0, 0.1) is 5.82 Å². The summed E-state index contributed by atoms with van der Waals surface area (Å²) >= 11 is 0. The molecular formula is C22H24FNO5. The molecule has 0 radical (unpaired) electrons. The van der Waals surface area contributed by atoms with E-state index >= 15 is 0 Å². The number of hydrogen-bond donors (Lipinski definition) is 1. The zero-order valence-electron chi connectivity index (χ0n) is 16.9. The highest BCUT2D eigenvalue weighted by Gasteiger charge is 2.16. The summed E-state index contributed by atoms with van der Waals surface area (Å²) in [4.78, 5) is 34.8. The SMILES string of the molecule is CC(=O)Nc1ccc(C(=O)COC(=O)COc2ccc(C(C)(C)C)cc2)c(F)c1. The Morgan fingerprint density at radius 2 is 1.66 bits per heavy atom. The summed E-state index contributed by atoms with van der Waals surface area (Å²) in [6.45, 7) is 6.58. The standard InChI is InChI=1S/C22H24FNO5/c1-14(25)24-16-7-10-18(19(23)11-16)20(26)12-29-21(27)13-28-17-8-5-15(6-9-17)22(2,3)4/h5-11H,12-13H2,1-4H3,(H,24,25). The lowest BCUT2D eigenvalue weighted by molar-refractivity contribution is -0.144. The Hall–Kier alpha value is -3.22. The second kappa shape index (κ2) is 9.32. The third-order valence-electron chi connectivity index (χ3n) is 4.03. The summed E-state index contributed by atoms with van der Waals surface area (Å²) < 4.78 is 24.2. The third-order valence-corrected chi connectivity index (χ3v) is 4.03. The number of ether oxygens (including phenoxy) is 2. The van der Waals surface area contributed by atoms with E-state index < -0.39 is 24.2 Å². The molecule has 2 rings (SSSR count). The maximum absolute atomic E-state index is 14.0. The van der Waals surface area contributed by atoms with Crippen LogP contribution in [-0.4, -0.2) is 30.9 Å². The van der Waals surface area contributed by atoms with Gasteiger partial charge in [-0.2, -0.15) is 0 Å². The highest BCUT2D eigenvalue weighted by atomic mass is 19.1. The highest BCUT2D eigenvalue weighted by molar-refractivity contribution is 5.99. The van der Waals surface area contributed by atoms with Gasteiger partial charge in [-0.25, -0.2) is 9.18 Å². The number of carbonyl (C=O) groups excluding carboxylic acids is 3. The summed E-state index contributed by atoms with van der Waals surface area (Å²) in [5.74, 6) is -2.10. The molecule has 154 valence electrons. The van der Waals surface area contributed by atoms with Crippen LogP contribution in [0.25, 0.3) is 0 Å². The van der Waals surface area contributed by atoms with Crippen molar-refractivity contribution in [3.05, 3.63) is 59.4 Å². The lowest BCUT2D eigenvalue weighted by atomic mass is 9.87. The maximum atomic E-state index is 14.0. The third kappa shape index (κ3) is 6.71. The number of rotatable bonds is 7. The van der Waals surface area contributed by atoms with E-state index in [0.717, 1.165) is 11.6 Å². The van der Waals surface area contributed by atoms with Crippen LogP contribution in [0.5, 0.6) is 5.75 Å². The first-order valence-electron chi connectivity index (χ1n) is 9.05. The lowest BCUT2D eigenvalue weighted by Crippen LogP contribution is -2.20. The van der Waals surface area contributed by atoms with Gasteiger partial charge in [0.25, 0.3) is 0 Å². The van der Waals surface area contributed by atoms with E-state index in [1.54, 1.807) is 12.1 Å². The number of hydrogen-bond acceptors (Lipinski definition) is 5. The molecule has 0 unspecified atom stereocenters. The van der Waals surface area contributed by atoms with Crippen molar-refractivity contribution in [3.8, 4) is 5.75 Å². The molecule has 0 heterocycles. The number of Topliss-reactive ketones (excluding diaryl/α,β-unsaturated/α-hetero) is 1. The largest absolute Gasteiger partial charge is 0.482 e. The van der Waals surface area contributed by atoms with Gasteiger partial charge in [0.1, 0.15) is 11.6 Å². The molecule has 1 amide bonds. The predicted molar refractivity (Wildman–Crippen MR) is 107 cm³/mol. The van der Waals surface area contributed by atoms with Gasteiger partial charge >= 0.3 is 5.97 Å². The first kappa shape index (κ1) is 22.1. The van der Waals surface area contributed by atoms with E-state index in [9.17, 15) is 18.8 Å². The Morgan fingerprint density at radius 3 is 2.21 bits per heavy atom. The Morgan fingerprint density at radius 1 is 1.00 bits per heavy atom. The van der Waals surface area contributed by atoms with E-state index in [2.05, 4.69) is 26.1 Å². The van der Waals surface area contributed by atoms with Crippen molar-refractivity contribution in [3.63, 3.8) is 0 Å². The van der Waals surface area contributed by atoms with Crippen molar-refractivity contribution in [2.45, 2.75) is 33.1 Å². The molecule has 6 nitrogen and oxygen atoms in total. The van der Waals surface area contributed by atoms with Crippen molar-refractivity contribution >= 4 is 23.3 Å². The average molecular weight is 401 g/mol. The summed E-state index contributed by atoms with van der Waals surface area (Å²) in [5, 5.41) is 2.41. The Balaban J connectivity index is 1.84. The number of anilines is 1. The van der Waals surface area contributed by atoms with Crippen LogP contribution in [0.15, 0.2) is 42.5 Å². The zero-order chi connectivity index (χ0) is 21.6. The molecule has 0 aliphatic heterocycles. The Labute approximate surface area is 169 Å². The molecule has 0 spiro atoms. The van der Waals surface area contributed by atoms with Crippen LogP contribution in [0.2, 0.25) is 0 Å². The second-order valence-corrected chi connectivity index (χ2v) is 7.52. The van der Waals surface area contributed by atoms with Gasteiger partial charge in [-0.05, 0) is 41.3 Å². The molecule has 0 saturated heterocycles. The van der Waals surface area contributed by atoms with E-state index in [-0.39, 0.29) is 29.2 Å². The summed E-state index contributed by atoms with van der Waals surface area (Å²) in [5.41, 5.74) is 1.14. The van der Waals surface area contributed by atoms with E-state index in [0.29, 0.717) is 5.75 Å². The molecule has 2 aromatic rings. The maximum Gasteiger partial charge on any atom is 0.344 e. The molecule has 0 aliphatic carbocycles. The van der Waals surface area contributed by atoms with Crippen molar-refractivity contribution in [1.82, 2.24) is 0 Å². The van der Waals surface area contributed by atoms with Crippen LogP contribution < -0.4 is 10.1 Å². The van der Waals surface area contributed by atoms with Crippen molar-refractivity contribution in [1.29, 1.82) is 0 Å². The van der Waals surface area contributed by atoms with E-state index in [1.165, 1.54) is 19.1 Å². The van der Waals surface area contributed by atoms with E-state index in [4.69, 9.17) is 9.47 Å². The minimum Gasteiger partial charge on any atom is -0.482 e. The monoisotopic (exact) mass is 401 g/mol. The number of carbonyl (C=O) groups is 3. The van der Waals surface area contributed by atoms with Gasteiger partial charge in [0.15, 0.2) is 13.2 Å². The van der Waals surface area contributed by atoms with E-state index in [1.807, 2.05) is 12.1 Å². The number of benzene rings is 2. The number of ketones is 1. The second-order valence-electron chi connectivity index (χ2n) is 7.52. The van der Waals surface area contributed by atoms with Crippen LogP contribution in [0.1, 0.15) is 43.6 Å². The normalized spacial score (nSPS) is 10.9. The van der Waals surface area contributed by atoms with Crippen molar-refractivity contribution in [2.24, 2.45) is 0 Å². The van der Waals surface area contributed by atoms with Gasteiger partial charge in [-0.3, -0.25) is 9.59 Å². The minimum absolute atomic E-state index is 0.00737. The average Bonchev–Trinajstić information content (AvgIpc) is 2.63. The fraction of sp³-hybridized carbons (Fsp3) is 0.318. The molecular weight excluding hydrogens is 377 g/mol. The molecule has 0 atom stereocenters. The quantitative estimate of drug-likeness (QED) is 0.562. The molecule has 7 heteroatoms. The number of nitrogens with one attached hydrogen (secondary N) is 1. The molecule has 0 aliphatic rings.